The minimum Gasteiger partial charge on any atom is -0.493 e. The number of rotatable bonds is 14. The fourth-order valence-corrected chi connectivity index (χ4v) is 8.62. The molecule has 0 spiro atoms. The second-order valence-electron chi connectivity index (χ2n) is 14.6. The highest BCUT2D eigenvalue weighted by Gasteiger charge is 2.39. The van der Waals surface area contributed by atoms with Crippen LogP contribution in [0, 0.1) is 0 Å². The largest absolute Gasteiger partial charge is 0.493 e. The van der Waals surface area contributed by atoms with E-state index in [1.54, 1.807) is 29.4 Å². The monoisotopic (exact) mass is 844 g/mol. The van der Waals surface area contributed by atoms with Crippen LogP contribution in [0.2, 0.25) is 0 Å². The number of nitrogens with one attached hydrogen (secondary N) is 1. The van der Waals surface area contributed by atoms with Gasteiger partial charge in [-0.25, -0.2) is 24.6 Å². The molecule has 2 aromatic carbocycles. The molecular formula is C40H44N8O9S2. The summed E-state index contributed by atoms with van der Waals surface area (Å²) in [7, 11) is 5.65. The molecule has 310 valence electrons. The Hall–Kier alpha value is -5.79. The molecule has 3 amide bonds. The summed E-state index contributed by atoms with van der Waals surface area (Å²) >= 11 is 0. The third-order valence-electron chi connectivity index (χ3n) is 9.76. The minimum atomic E-state index is -1.50. The number of hydrogen-bond acceptors (Lipinski definition) is 15. The van der Waals surface area contributed by atoms with Gasteiger partial charge in [0.25, 0.3) is 11.8 Å². The molecule has 0 bridgehead atoms. The number of methoxy groups -OCH3 is 2. The van der Waals surface area contributed by atoms with Gasteiger partial charge in [0.15, 0.2) is 40.0 Å². The molecule has 7 rings (SSSR count). The number of aliphatic hydroxyl groups is 1. The van der Waals surface area contributed by atoms with Gasteiger partial charge in [-0.3, -0.25) is 14.6 Å². The summed E-state index contributed by atoms with van der Waals surface area (Å²) in [5.41, 5.74) is 3.83. The molecule has 19 heteroatoms. The summed E-state index contributed by atoms with van der Waals surface area (Å²) in [6.45, 7) is 13.7. The number of benzene rings is 2. The molecule has 2 aromatic heterocycles. The number of carbonyl (C=O) groups excluding carboxylic acids is 3. The van der Waals surface area contributed by atoms with E-state index in [2.05, 4.69) is 38.1 Å². The maximum atomic E-state index is 14.1. The second kappa shape index (κ2) is 17.2. The number of β-amino-alcohol motifs (C(OH)–C–C–N with tert-alkyl or cyclic N) is 1. The highest BCUT2D eigenvalue weighted by atomic mass is 33.1. The molecule has 3 aliphatic rings. The summed E-state index contributed by atoms with van der Waals surface area (Å²) in [5, 5.41) is 12.2. The molecule has 1 fully saturated rings. The predicted molar refractivity (Wildman–Crippen MR) is 223 cm³/mol. The van der Waals surface area contributed by atoms with E-state index in [-0.39, 0.29) is 72.7 Å². The zero-order chi connectivity index (χ0) is 42.0. The molecule has 0 aliphatic carbocycles. The number of fused-ring (bicyclic) bond motifs is 4. The summed E-state index contributed by atoms with van der Waals surface area (Å²) in [6, 6.07) is 5.88. The first-order chi connectivity index (χ1) is 28.3. The van der Waals surface area contributed by atoms with E-state index in [4.69, 9.17) is 23.7 Å². The Balaban J connectivity index is 1.12. The average Bonchev–Trinajstić information content (AvgIpc) is 3.77. The van der Waals surface area contributed by atoms with E-state index in [9.17, 15) is 19.5 Å². The predicted octanol–water partition coefficient (Wildman–Crippen LogP) is 6.17. The van der Waals surface area contributed by atoms with Crippen molar-refractivity contribution in [2.24, 2.45) is 4.99 Å². The summed E-state index contributed by atoms with van der Waals surface area (Å²) in [5.74, 6) is 0.158. The number of amides is 3. The quantitative estimate of drug-likeness (QED) is 0.0831. The Labute approximate surface area is 348 Å². The molecule has 3 aliphatic heterocycles. The van der Waals surface area contributed by atoms with Crippen LogP contribution in [0.25, 0.3) is 11.2 Å². The lowest BCUT2D eigenvalue weighted by molar-refractivity contribution is 0.0644. The number of imidazole rings is 1. The van der Waals surface area contributed by atoms with Crippen LogP contribution in [0.4, 0.5) is 16.2 Å². The van der Waals surface area contributed by atoms with Crippen molar-refractivity contribution in [3.63, 3.8) is 0 Å². The van der Waals surface area contributed by atoms with Crippen molar-refractivity contribution < 1.29 is 43.2 Å². The van der Waals surface area contributed by atoms with Gasteiger partial charge in [-0.1, -0.05) is 42.0 Å². The van der Waals surface area contributed by atoms with Gasteiger partial charge >= 0.3 is 6.09 Å². The Morgan fingerprint density at radius 1 is 1.05 bits per heavy atom. The fourth-order valence-electron chi connectivity index (χ4n) is 6.64. The van der Waals surface area contributed by atoms with Gasteiger partial charge in [-0.05, 0) is 49.6 Å². The van der Waals surface area contributed by atoms with Crippen LogP contribution in [0.1, 0.15) is 54.3 Å². The van der Waals surface area contributed by atoms with Gasteiger partial charge in [-0.15, -0.1) is 0 Å². The molecule has 5 heterocycles. The van der Waals surface area contributed by atoms with E-state index in [0.717, 1.165) is 16.0 Å². The van der Waals surface area contributed by atoms with E-state index < -0.39 is 23.0 Å². The van der Waals surface area contributed by atoms with Gasteiger partial charge in [0.05, 0.1) is 60.3 Å². The molecule has 0 saturated carbocycles. The van der Waals surface area contributed by atoms with Crippen LogP contribution < -0.4 is 23.8 Å². The molecular weight excluding hydrogens is 801 g/mol. The molecule has 4 aromatic rings. The number of H-pyrrole nitrogens is 1. The lowest BCUT2D eigenvalue weighted by Gasteiger charge is -2.30. The molecule has 17 nitrogen and oxygen atoms in total. The number of hydrogen-bond donors (Lipinski definition) is 2. The Bertz CT molecular complexity index is 2320. The average molecular weight is 845 g/mol. The lowest BCUT2D eigenvalue weighted by Crippen LogP contribution is -2.47. The van der Waals surface area contributed by atoms with Crippen LogP contribution in [0.5, 0.6) is 23.0 Å². The molecule has 1 unspecified atom stereocenters. The van der Waals surface area contributed by atoms with E-state index in [1.165, 1.54) is 59.2 Å². The van der Waals surface area contributed by atoms with Gasteiger partial charge in [0, 0.05) is 31.4 Å². The van der Waals surface area contributed by atoms with Crippen LogP contribution in [-0.2, 0) is 4.74 Å². The summed E-state index contributed by atoms with van der Waals surface area (Å²) in [6.07, 6.45) is 3.63. The molecule has 2 atom stereocenters. The maximum Gasteiger partial charge on any atom is 0.416 e. The van der Waals surface area contributed by atoms with Gasteiger partial charge in [0.1, 0.15) is 18.5 Å². The number of ether oxygens (including phenoxy) is 5. The maximum absolute atomic E-state index is 14.1. The highest BCUT2D eigenvalue weighted by Crippen LogP contribution is 2.43. The normalized spacial score (nSPS) is 17.6. The third kappa shape index (κ3) is 8.81. The highest BCUT2D eigenvalue weighted by molar-refractivity contribution is 8.77. The number of nitrogens with zero attached hydrogens (tertiary/aromatic N) is 7. The Kier molecular flexibility index (Phi) is 12.1. The van der Waals surface area contributed by atoms with Crippen LogP contribution in [-0.4, -0.2) is 123 Å². The Morgan fingerprint density at radius 3 is 2.49 bits per heavy atom. The van der Waals surface area contributed by atoms with Gasteiger partial charge in [-0.2, -0.15) is 0 Å². The van der Waals surface area contributed by atoms with Crippen molar-refractivity contribution in [3.05, 3.63) is 72.2 Å². The SMILES string of the molecule is C=C(CC)CN1CC(O)N(C(=O)OCC(C)(C)SSc2nc3cncnc3[nH]2)c2cc(OCOc3cc4c(cc3OC)C(=O)N3CC(=C)C[C@H]3C=N4)c(OC)cc2C1=O. The van der Waals surface area contributed by atoms with E-state index >= 15 is 0 Å². The zero-order valence-corrected chi connectivity index (χ0v) is 34.9. The van der Waals surface area contributed by atoms with Crippen LogP contribution in [0.3, 0.4) is 0 Å². The first kappa shape index (κ1) is 41.4. The first-order valence-electron chi connectivity index (χ1n) is 18.6. The minimum absolute atomic E-state index is 0.0369. The number of aromatic amines is 1. The smallest absolute Gasteiger partial charge is 0.416 e. The Morgan fingerprint density at radius 2 is 1.78 bits per heavy atom. The second-order valence-corrected chi connectivity index (χ2v) is 17.4. The van der Waals surface area contributed by atoms with Crippen molar-refractivity contribution in [1.82, 2.24) is 29.7 Å². The molecule has 59 heavy (non-hydrogen) atoms. The van der Waals surface area contributed by atoms with Crippen molar-refractivity contribution in [2.75, 3.05) is 52.2 Å². The topological polar surface area (TPSA) is 194 Å². The van der Waals surface area contributed by atoms with Gasteiger partial charge < -0.3 is 43.6 Å². The van der Waals surface area contributed by atoms with E-state index in [1.807, 2.05) is 20.8 Å². The van der Waals surface area contributed by atoms with Crippen LogP contribution >= 0.6 is 21.6 Å². The van der Waals surface area contributed by atoms with Gasteiger partial charge in [0.2, 0.25) is 6.79 Å². The van der Waals surface area contributed by atoms with Crippen molar-refractivity contribution in [3.8, 4) is 23.0 Å². The molecule has 1 saturated heterocycles. The first-order valence-corrected chi connectivity index (χ1v) is 20.8. The number of aliphatic hydroxyl groups excluding tert-OH is 1. The van der Waals surface area contributed by atoms with Crippen molar-refractivity contribution in [1.29, 1.82) is 0 Å². The fraction of sp³-hybridized carbons (Fsp3) is 0.375. The zero-order valence-electron chi connectivity index (χ0n) is 33.2. The number of aliphatic imine (C=N–C) groups is 1. The molecule has 2 N–H and O–H groups in total. The number of anilines is 1. The van der Waals surface area contributed by atoms with Crippen molar-refractivity contribution >= 4 is 68.2 Å². The van der Waals surface area contributed by atoms with Crippen LogP contribution in [0.15, 0.2) is 71.2 Å². The summed E-state index contributed by atoms with van der Waals surface area (Å²) < 4.78 is 28.5. The summed E-state index contributed by atoms with van der Waals surface area (Å²) in [4.78, 5) is 66.1. The third-order valence-corrected chi connectivity index (χ3v) is 12.8. The lowest BCUT2D eigenvalue weighted by atomic mass is 10.1. The number of carbonyl (C=O) groups is 3. The van der Waals surface area contributed by atoms with E-state index in [0.29, 0.717) is 47.0 Å². The standard InChI is InChI=1S/C40H44N8O9S2/c1-8-22(2)16-46-18-34(49)48(39(52)55-19-40(4,5)59-58-38-44-28-15-41-20-43-35(28)45-38)29-13-33(31(54-7)11-26(29)36(46)50)57-21-56-32-12-27-25(10-30(32)53-6)37(51)47-17-23(3)9-24(47)14-42-27/h10-15,20,24,34,49H,2-3,8-9,16-19,21H2,1,4-7H3,(H,41,43,44,45)/t24-,34?/m0/s1. The molecule has 0 radical (unpaired) electrons. The number of aromatic nitrogens is 4. The van der Waals surface area contributed by atoms with Crippen molar-refractivity contribution in [2.45, 2.75) is 55.8 Å².